The first-order valence-electron chi connectivity index (χ1n) is 12.0. The predicted octanol–water partition coefficient (Wildman–Crippen LogP) is 2.89. The molecule has 1 heterocycles. The van der Waals surface area contributed by atoms with E-state index in [0.29, 0.717) is 26.2 Å². The molecule has 1 aliphatic heterocycles. The topological polar surface area (TPSA) is 97.0 Å². The number of aryl methyl sites for hydroxylation is 1. The van der Waals surface area contributed by atoms with Gasteiger partial charge in [0, 0.05) is 19.6 Å². The number of nitrogens with one attached hydrogen (secondary N) is 2. The van der Waals surface area contributed by atoms with Crippen LogP contribution in [0.1, 0.15) is 37.4 Å². The van der Waals surface area contributed by atoms with E-state index in [-0.39, 0.29) is 22.8 Å². The van der Waals surface area contributed by atoms with Crippen molar-refractivity contribution in [3.8, 4) is 5.75 Å². The Kier molecular flexibility index (Phi) is 9.68. The van der Waals surface area contributed by atoms with Crippen molar-refractivity contribution in [1.29, 1.82) is 0 Å². The molecule has 0 spiro atoms. The molecule has 2 aromatic rings. The Morgan fingerprint density at radius 2 is 1.69 bits per heavy atom. The average molecular weight is 504 g/mol. The lowest BCUT2D eigenvalue weighted by molar-refractivity contribution is -0.123. The summed E-state index contributed by atoms with van der Waals surface area (Å²) in [6.45, 7) is 8.95. The number of nitrogens with zero attached hydrogens (tertiary/aromatic N) is 1. The van der Waals surface area contributed by atoms with Crippen molar-refractivity contribution in [1.82, 2.24) is 14.9 Å². The van der Waals surface area contributed by atoms with Crippen molar-refractivity contribution < 1.29 is 22.7 Å². The van der Waals surface area contributed by atoms with Gasteiger partial charge in [-0.25, -0.2) is 8.42 Å². The lowest BCUT2D eigenvalue weighted by atomic mass is 10.0. The van der Waals surface area contributed by atoms with Gasteiger partial charge in [-0.3, -0.25) is 9.69 Å². The Morgan fingerprint density at radius 1 is 1.06 bits per heavy atom. The van der Waals surface area contributed by atoms with E-state index in [1.807, 2.05) is 45.0 Å². The maximum atomic E-state index is 13.3. The van der Waals surface area contributed by atoms with Crippen LogP contribution in [0.2, 0.25) is 0 Å². The molecule has 1 aliphatic rings. The Balaban J connectivity index is 1.75. The van der Waals surface area contributed by atoms with E-state index in [9.17, 15) is 13.2 Å². The number of hydrogen-bond acceptors (Lipinski definition) is 6. The van der Waals surface area contributed by atoms with E-state index in [2.05, 4.69) is 14.9 Å². The summed E-state index contributed by atoms with van der Waals surface area (Å²) in [5.74, 6) is 0.560. The SMILES string of the molecule is COc1ccc([C@@H](CNC(=O)[C@@H](CC(C)C)NS(=O)(=O)c2ccc(C)cc2)N2CCOCC2)cc1. The smallest absolute Gasteiger partial charge is 0.241 e. The molecule has 1 saturated heterocycles. The zero-order valence-electron chi connectivity index (χ0n) is 21.0. The van der Waals surface area contributed by atoms with E-state index in [1.165, 1.54) is 0 Å². The number of rotatable bonds is 11. The average Bonchev–Trinajstić information content (AvgIpc) is 2.84. The second kappa shape index (κ2) is 12.5. The van der Waals surface area contributed by atoms with Crippen LogP contribution in [-0.4, -0.2) is 65.2 Å². The molecular weight excluding hydrogens is 466 g/mol. The fourth-order valence-electron chi connectivity index (χ4n) is 4.15. The van der Waals surface area contributed by atoms with Crippen LogP contribution < -0.4 is 14.8 Å². The number of benzene rings is 2. The molecule has 2 aromatic carbocycles. The number of amides is 1. The van der Waals surface area contributed by atoms with Gasteiger partial charge in [0.25, 0.3) is 0 Å². The molecule has 0 saturated carbocycles. The molecule has 9 heteroatoms. The van der Waals surface area contributed by atoms with Gasteiger partial charge in [0.15, 0.2) is 0 Å². The standard InChI is InChI=1S/C26H37N3O5S/c1-19(2)17-24(28-35(31,32)23-11-5-20(3)6-12-23)26(30)27-18-25(29-13-15-34-16-14-29)21-7-9-22(33-4)10-8-21/h5-12,19,24-25,28H,13-18H2,1-4H3,(H,27,30)/t24-,25-/m1/s1. The van der Waals surface area contributed by atoms with Crippen LogP contribution in [0.15, 0.2) is 53.4 Å². The Labute approximate surface area is 209 Å². The monoisotopic (exact) mass is 503 g/mol. The minimum absolute atomic E-state index is 0.0674. The van der Waals surface area contributed by atoms with E-state index >= 15 is 0 Å². The molecular formula is C26H37N3O5S. The number of methoxy groups -OCH3 is 1. The molecule has 1 amide bonds. The number of carbonyl (C=O) groups is 1. The molecule has 35 heavy (non-hydrogen) atoms. The number of hydrogen-bond donors (Lipinski definition) is 2. The second-order valence-corrected chi connectivity index (χ2v) is 11.0. The van der Waals surface area contributed by atoms with Gasteiger partial charge in [-0.05, 0) is 49.1 Å². The van der Waals surface area contributed by atoms with Gasteiger partial charge in [0.1, 0.15) is 11.8 Å². The van der Waals surface area contributed by atoms with Crippen molar-refractivity contribution in [3.63, 3.8) is 0 Å². The first-order valence-corrected chi connectivity index (χ1v) is 13.5. The summed E-state index contributed by atoms with van der Waals surface area (Å²) in [6.07, 6.45) is 0.391. The predicted molar refractivity (Wildman–Crippen MR) is 136 cm³/mol. The second-order valence-electron chi connectivity index (χ2n) is 9.30. The van der Waals surface area contributed by atoms with Crippen LogP contribution in [0.25, 0.3) is 0 Å². The van der Waals surface area contributed by atoms with Gasteiger partial charge in [0.05, 0.1) is 31.3 Å². The van der Waals surface area contributed by atoms with Crippen LogP contribution in [0, 0.1) is 12.8 Å². The molecule has 0 aromatic heterocycles. The van der Waals surface area contributed by atoms with E-state index in [1.54, 1.807) is 31.4 Å². The van der Waals surface area contributed by atoms with Gasteiger partial charge in [0.2, 0.25) is 15.9 Å². The molecule has 0 bridgehead atoms. The van der Waals surface area contributed by atoms with Gasteiger partial charge in [-0.15, -0.1) is 0 Å². The molecule has 3 rings (SSSR count). The summed E-state index contributed by atoms with van der Waals surface area (Å²) in [6, 6.07) is 13.5. The molecule has 0 aliphatic carbocycles. The van der Waals surface area contributed by atoms with E-state index < -0.39 is 16.1 Å². The Bertz CT molecular complexity index is 1050. The highest BCUT2D eigenvalue weighted by molar-refractivity contribution is 7.89. The number of carbonyl (C=O) groups excluding carboxylic acids is 1. The Hall–Kier alpha value is -2.46. The molecule has 1 fully saturated rings. The summed E-state index contributed by atoms with van der Waals surface area (Å²) >= 11 is 0. The zero-order chi connectivity index (χ0) is 25.4. The molecule has 2 atom stereocenters. The van der Waals surface area contributed by atoms with E-state index in [0.717, 1.165) is 30.0 Å². The number of ether oxygens (including phenoxy) is 2. The van der Waals surface area contributed by atoms with Crippen molar-refractivity contribution in [2.75, 3.05) is 40.0 Å². The molecule has 0 radical (unpaired) electrons. The highest BCUT2D eigenvalue weighted by Crippen LogP contribution is 2.24. The minimum Gasteiger partial charge on any atom is -0.497 e. The maximum Gasteiger partial charge on any atom is 0.241 e. The van der Waals surface area contributed by atoms with E-state index in [4.69, 9.17) is 9.47 Å². The highest BCUT2D eigenvalue weighted by atomic mass is 32.2. The quantitative estimate of drug-likeness (QED) is 0.490. The van der Waals surface area contributed by atoms with Crippen molar-refractivity contribution in [2.45, 2.75) is 44.2 Å². The summed E-state index contributed by atoms with van der Waals surface area (Å²) in [7, 11) is -2.21. The highest BCUT2D eigenvalue weighted by Gasteiger charge is 2.29. The fourth-order valence-corrected chi connectivity index (χ4v) is 5.35. The van der Waals surface area contributed by atoms with Gasteiger partial charge >= 0.3 is 0 Å². The van der Waals surface area contributed by atoms with Crippen LogP contribution >= 0.6 is 0 Å². The summed E-state index contributed by atoms with van der Waals surface area (Å²) in [5.41, 5.74) is 2.02. The Morgan fingerprint density at radius 3 is 2.26 bits per heavy atom. The maximum absolute atomic E-state index is 13.3. The molecule has 8 nitrogen and oxygen atoms in total. The van der Waals surface area contributed by atoms with Crippen LogP contribution in [0.3, 0.4) is 0 Å². The third kappa shape index (κ3) is 7.76. The molecule has 2 N–H and O–H groups in total. The molecule has 0 unspecified atom stereocenters. The molecule has 192 valence electrons. The zero-order valence-corrected chi connectivity index (χ0v) is 21.8. The number of morpholine rings is 1. The lowest BCUT2D eigenvalue weighted by Gasteiger charge is -2.35. The third-order valence-corrected chi connectivity index (χ3v) is 7.60. The normalized spacial score (nSPS) is 16.6. The largest absolute Gasteiger partial charge is 0.497 e. The van der Waals surface area contributed by atoms with Gasteiger partial charge in [-0.1, -0.05) is 43.7 Å². The van der Waals surface area contributed by atoms with Crippen molar-refractivity contribution in [2.24, 2.45) is 5.92 Å². The summed E-state index contributed by atoms with van der Waals surface area (Å²) in [5, 5.41) is 3.02. The first kappa shape index (κ1) is 27.1. The van der Waals surface area contributed by atoms with Crippen LogP contribution in [0.5, 0.6) is 5.75 Å². The fraction of sp³-hybridized carbons (Fsp3) is 0.500. The van der Waals surface area contributed by atoms with Crippen LogP contribution in [0.4, 0.5) is 0 Å². The van der Waals surface area contributed by atoms with Gasteiger partial charge in [-0.2, -0.15) is 4.72 Å². The first-order chi connectivity index (χ1) is 16.7. The minimum atomic E-state index is -3.84. The third-order valence-electron chi connectivity index (χ3n) is 6.11. The van der Waals surface area contributed by atoms with Gasteiger partial charge < -0.3 is 14.8 Å². The van der Waals surface area contributed by atoms with Crippen molar-refractivity contribution in [3.05, 3.63) is 59.7 Å². The van der Waals surface area contributed by atoms with Crippen molar-refractivity contribution >= 4 is 15.9 Å². The summed E-state index contributed by atoms with van der Waals surface area (Å²) in [4.78, 5) is 15.7. The summed E-state index contributed by atoms with van der Waals surface area (Å²) < 4.78 is 39.4. The lowest BCUT2D eigenvalue weighted by Crippen LogP contribution is -2.50. The van der Waals surface area contributed by atoms with Crippen LogP contribution in [-0.2, 0) is 19.6 Å². The number of sulfonamides is 1.